The zero-order valence-corrected chi connectivity index (χ0v) is 10.5. The molecule has 16 heavy (non-hydrogen) atoms. The van der Waals surface area contributed by atoms with Crippen LogP contribution in [0, 0.1) is 6.92 Å². The second kappa shape index (κ2) is 5.75. The maximum absolute atomic E-state index is 5.77. The Labute approximate surface area is 97.6 Å². The fraction of sp³-hybridized carbons (Fsp3) is 0.538. The van der Waals surface area contributed by atoms with E-state index in [4.69, 9.17) is 15.2 Å². The summed E-state index contributed by atoms with van der Waals surface area (Å²) in [4.78, 5) is 0. The summed E-state index contributed by atoms with van der Waals surface area (Å²) in [5.41, 5.74) is 7.98. The van der Waals surface area contributed by atoms with E-state index in [1.54, 1.807) is 14.2 Å². The molecule has 0 radical (unpaired) electrons. The molecular weight excluding hydrogens is 202 g/mol. The van der Waals surface area contributed by atoms with Gasteiger partial charge >= 0.3 is 0 Å². The van der Waals surface area contributed by atoms with Gasteiger partial charge in [-0.3, -0.25) is 0 Å². The van der Waals surface area contributed by atoms with Gasteiger partial charge in [-0.05, 0) is 37.4 Å². The number of hydrogen-bond acceptors (Lipinski definition) is 3. The van der Waals surface area contributed by atoms with E-state index >= 15 is 0 Å². The highest BCUT2D eigenvalue weighted by Crippen LogP contribution is 2.36. The third-order valence-corrected chi connectivity index (χ3v) is 3.03. The summed E-state index contributed by atoms with van der Waals surface area (Å²) < 4.78 is 10.7. The lowest BCUT2D eigenvalue weighted by atomic mass is 9.93. The van der Waals surface area contributed by atoms with Gasteiger partial charge in [-0.1, -0.05) is 13.0 Å². The molecule has 0 heterocycles. The molecule has 3 heteroatoms. The molecule has 0 fully saturated rings. The zero-order valence-electron chi connectivity index (χ0n) is 10.5. The number of hydrogen-bond donors (Lipinski definition) is 1. The first-order chi connectivity index (χ1) is 7.69. The summed E-state index contributed by atoms with van der Waals surface area (Å²) in [6.45, 7) is 4.78. The van der Waals surface area contributed by atoms with Crippen LogP contribution in [0.4, 0.5) is 0 Å². The van der Waals surface area contributed by atoms with Crippen molar-refractivity contribution in [2.45, 2.75) is 26.2 Å². The molecule has 0 aliphatic carbocycles. The van der Waals surface area contributed by atoms with Crippen molar-refractivity contribution >= 4 is 0 Å². The molecule has 90 valence electrons. The number of nitrogens with two attached hydrogens (primary N) is 1. The molecule has 0 spiro atoms. The third kappa shape index (κ3) is 2.30. The lowest BCUT2D eigenvalue weighted by molar-refractivity contribution is 0.382. The second-order valence-corrected chi connectivity index (χ2v) is 3.86. The van der Waals surface area contributed by atoms with Crippen molar-refractivity contribution in [1.29, 1.82) is 0 Å². The van der Waals surface area contributed by atoms with Crippen LogP contribution in [0.1, 0.15) is 30.4 Å². The minimum Gasteiger partial charge on any atom is -0.496 e. The Kier molecular flexibility index (Phi) is 4.62. The first-order valence-electron chi connectivity index (χ1n) is 5.61. The van der Waals surface area contributed by atoms with Crippen LogP contribution in [0.3, 0.4) is 0 Å². The molecule has 0 saturated carbocycles. The van der Waals surface area contributed by atoms with Crippen molar-refractivity contribution in [3.63, 3.8) is 0 Å². The van der Waals surface area contributed by atoms with Crippen LogP contribution < -0.4 is 15.2 Å². The normalized spacial score (nSPS) is 12.3. The Morgan fingerprint density at radius 2 is 1.94 bits per heavy atom. The van der Waals surface area contributed by atoms with Crippen molar-refractivity contribution in [2.75, 3.05) is 20.8 Å². The van der Waals surface area contributed by atoms with Crippen molar-refractivity contribution in [2.24, 2.45) is 5.73 Å². The van der Waals surface area contributed by atoms with Gasteiger partial charge in [0.25, 0.3) is 0 Å². The van der Waals surface area contributed by atoms with Crippen molar-refractivity contribution < 1.29 is 9.47 Å². The van der Waals surface area contributed by atoms with Crippen LogP contribution in [0.5, 0.6) is 11.5 Å². The second-order valence-electron chi connectivity index (χ2n) is 3.86. The predicted octanol–water partition coefficient (Wildman–Crippen LogP) is 2.46. The van der Waals surface area contributed by atoms with Crippen LogP contribution in [0.25, 0.3) is 0 Å². The van der Waals surface area contributed by atoms with Crippen LogP contribution in [-0.4, -0.2) is 20.8 Å². The Balaban J connectivity index is 3.24. The molecule has 1 aromatic rings. The molecule has 3 nitrogen and oxygen atoms in total. The van der Waals surface area contributed by atoms with E-state index in [0.717, 1.165) is 23.5 Å². The molecule has 1 aromatic carbocycles. The topological polar surface area (TPSA) is 44.5 Å². The lowest BCUT2D eigenvalue weighted by Gasteiger charge is -2.19. The third-order valence-electron chi connectivity index (χ3n) is 3.03. The van der Waals surface area contributed by atoms with Gasteiger partial charge in [0.1, 0.15) is 11.5 Å². The maximum Gasteiger partial charge on any atom is 0.128 e. The maximum atomic E-state index is 5.77. The minimum atomic E-state index is 0.347. The molecule has 1 unspecified atom stereocenters. The Morgan fingerprint density at radius 3 is 2.38 bits per heavy atom. The van der Waals surface area contributed by atoms with Gasteiger partial charge in [-0.15, -0.1) is 0 Å². The van der Waals surface area contributed by atoms with Crippen LogP contribution in [0.15, 0.2) is 12.1 Å². The SMILES string of the molecule is CCC(CN)c1ccc(OC)c(C)c1OC. The minimum absolute atomic E-state index is 0.347. The Bertz CT molecular complexity index is 346. The highest BCUT2D eigenvalue weighted by molar-refractivity contribution is 5.50. The standard InChI is InChI=1S/C13H21NO2/c1-5-10(8-14)11-6-7-12(15-3)9(2)13(11)16-4/h6-7,10H,5,8,14H2,1-4H3. The number of methoxy groups -OCH3 is 2. The fourth-order valence-electron chi connectivity index (χ4n) is 2.02. The van der Waals surface area contributed by atoms with Crippen LogP contribution in [-0.2, 0) is 0 Å². The molecule has 1 atom stereocenters. The predicted molar refractivity (Wildman–Crippen MR) is 66.4 cm³/mol. The van der Waals surface area contributed by atoms with Gasteiger partial charge in [0, 0.05) is 5.56 Å². The summed E-state index contributed by atoms with van der Waals surface area (Å²) in [6, 6.07) is 4.03. The van der Waals surface area contributed by atoms with Gasteiger partial charge in [0.05, 0.1) is 14.2 Å². The number of ether oxygens (including phenoxy) is 2. The van der Waals surface area contributed by atoms with Gasteiger partial charge in [-0.25, -0.2) is 0 Å². The molecule has 0 amide bonds. The molecule has 0 saturated heterocycles. The molecule has 0 aromatic heterocycles. The summed E-state index contributed by atoms with van der Waals surface area (Å²) in [5.74, 6) is 2.10. The summed E-state index contributed by atoms with van der Waals surface area (Å²) in [5, 5.41) is 0. The largest absolute Gasteiger partial charge is 0.496 e. The number of rotatable bonds is 5. The van der Waals surface area contributed by atoms with Crippen molar-refractivity contribution in [3.05, 3.63) is 23.3 Å². The van der Waals surface area contributed by atoms with E-state index in [1.165, 1.54) is 5.56 Å². The Hall–Kier alpha value is -1.22. The molecule has 1 rings (SSSR count). The van der Waals surface area contributed by atoms with Gasteiger partial charge in [0.15, 0.2) is 0 Å². The average Bonchev–Trinajstić information content (AvgIpc) is 2.31. The van der Waals surface area contributed by atoms with E-state index in [1.807, 2.05) is 19.1 Å². The summed E-state index contributed by atoms with van der Waals surface area (Å²) in [7, 11) is 3.36. The van der Waals surface area contributed by atoms with Gasteiger partial charge in [0.2, 0.25) is 0 Å². The lowest BCUT2D eigenvalue weighted by Crippen LogP contribution is -2.13. The first-order valence-corrected chi connectivity index (χ1v) is 5.61. The first kappa shape index (κ1) is 12.8. The van der Waals surface area contributed by atoms with Crippen molar-refractivity contribution in [3.8, 4) is 11.5 Å². The molecule has 0 aliphatic rings. The monoisotopic (exact) mass is 223 g/mol. The molecule has 2 N–H and O–H groups in total. The quantitative estimate of drug-likeness (QED) is 0.834. The van der Waals surface area contributed by atoms with Gasteiger partial charge in [-0.2, -0.15) is 0 Å². The van der Waals surface area contributed by atoms with E-state index in [9.17, 15) is 0 Å². The Morgan fingerprint density at radius 1 is 1.25 bits per heavy atom. The van der Waals surface area contributed by atoms with E-state index in [0.29, 0.717) is 12.5 Å². The zero-order chi connectivity index (χ0) is 12.1. The summed E-state index contributed by atoms with van der Waals surface area (Å²) >= 11 is 0. The molecule has 0 aliphatic heterocycles. The highest BCUT2D eigenvalue weighted by Gasteiger charge is 2.17. The van der Waals surface area contributed by atoms with Gasteiger partial charge < -0.3 is 15.2 Å². The highest BCUT2D eigenvalue weighted by atomic mass is 16.5. The van der Waals surface area contributed by atoms with E-state index < -0.39 is 0 Å². The van der Waals surface area contributed by atoms with Crippen molar-refractivity contribution in [1.82, 2.24) is 0 Å². The van der Waals surface area contributed by atoms with Crippen LogP contribution >= 0.6 is 0 Å². The average molecular weight is 223 g/mol. The van der Waals surface area contributed by atoms with Crippen LogP contribution in [0.2, 0.25) is 0 Å². The van der Waals surface area contributed by atoms with E-state index in [2.05, 4.69) is 6.92 Å². The summed E-state index contributed by atoms with van der Waals surface area (Å²) in [6.07, 6.45) is 1.01. The molecule has 0 bridgehead atoms. The number of benzene rings is 1. The smallest absolute Gasteiger partial charge is 0.128 e. The van der Waals surface area contributed by atoms with E-state index in [-0.39, 0.29) is 0 Å². The molecular formula is C13H21NO2. The fourth-order valence-corrected chi connectivity index (χ4v) is 2.02.